The van der Waals surface area contributed by atoms with E-state index in [4.69, 9.17) is 4.74 Å². The molecule has 0 amide bonds. The van der Waals surface area contributed by atoms with Gasteiger partial charge in [-0.15, -0.1) is 0 Å². The Balaban J connectivity index is 2.62. The standard InChI is InChI=1S/C13H12FNO2/c1-3-17-13(16)11-7-8(2)9-5-4-6-10(14)12(9)15-11/h4-7H,3H2,1-2H3. The van der Waals surface area contributed by atoms with Gasteiger partial charge in [0.05, 0.1) is 6.61 Å². The van der Waals surface area contributed by atoms with E-state index in [0.29, 0.717) is 5.39 Å². The summed E-state index contributed by atoms with van der Waals surface area (Å²) in [6.45, 7) is 3.80. The summed E-state index contributed by atoms with van der Waals surface area (Å²) in [5.74, 6) is -0.961. The number of hydrogen-bond donors (Lipinski definition) is 0. The fraction of sp³-hybridized carbons (Fsp3) is 0.231. The smallest absolute Gasteiger partial charge is 0.356 e. The van der Waals surface area contributed by atoms with Crippen molar-refractivity contribution in [3.05, 3.63) is 41.3 Å². The van der Waals surface area contributed by atoms with E-state index < -0.39 is 11.8 Å². The van der Waals surface area contributed by atoms with E-state index in [0.717, 1.165) is 5.56 Å². The molecule has 0 unspecified atom stereocenters. The van der Waals surface area contributed by atoms with Gasteiger partial charge in [-0.2, -0.15) is 0 Å². The molecule has 1 aromatic heterocycles. The normalized spacial score (nSPS) is 10.5. The first-order valence-electron chi connectivity index (χ1n) is 5.36. The fourth-order valence-corrected chi connectivity index (χ4v) is 1.69. The Morgan fingerprint density at radius 1 is 1.47 bits per heavy atom. The number of hydrogen-bond acceptors (Lipinski definition) is 3. The third-order valence-electron chi connectivity index (χ3n) is 2.48. The van der Waals surface area contributed by atoms with E-state index in [2.05, 4.69) is 4.98 Å². The molecule has 0 atom stereocenters. The fourth-order valence-electron chi connectivity index (χ4n) is 1.69. The second-order valence-electron chi connectivity index (χ2n) is 3.68. The molecule has 0 N–H and O–H groups in total. The summed E-state index contributed by atoms with van der Waals surface area (Å²) in [4.78, 5) is 15.5. The number of halogens is 1. The van der Waals surface area contributed by atoms with Gasteiger partial charge in [0.2, 0.25) is 0 Å². The van der Waals surface area contributed by atoms with Gasteiger partial charge in [-0.05, 0) is 31.5 Å². The molecular formula is C13H12FNO2. The highest BCUT2D eigenvalue weighted by Crippen LogP contribution is 2.20. The highest BCUT2D eigenvalue weighted by molar-refractivity contribution is 5.92. The lowest BCUT2D eigenvalue weighted by Crippen LogP contribution is -2.08. The van der Waals surface area contributed by atoms with Crippen LogP contribution in [-0.2, 0) is 4.74 Å². The van der Waals surface area contributed by atoms with Gasteiger partial charge in [0.25, 0.3) is 0 Å². The summed E-state index contributed by atoms with van der Waals surface area (Å²) in [6.07, 6.45) is 0. The van der Waals surface area contributed by atoms with Crippen molar-refractivity contribution >= 4 is 16.9 Å². The average molecular weight is 233 g/mol. The van der Waals surface area contributed by atoms with Crippen molar-refractivity contribution in [2.45, 2.75) is 13.8 Å². The van der Waals surface area contributed by atoms with Crippen LogP contribution in [0.3, 0.4) is 0 Å². The second kappa shape index (κ2) is 4.49. The van der Waals surface area contributed by atoms with Gasteiger partial charge < -0.3 is 4.74 Å². The number of esters is 1. The van der Waals surface area contributed by atoms with Gasteiger partial charge in [0.15, 0.2) is 0 Å². The van der Waals surface area contributed by atoms with Crippen LogP contribution >= 0.6 is 0 Å². The van der Waals surface area contributed by atoms with E-state index in [-0.39, 0.29) is 17.8 Å². The van der Waals surface area contributed by atoms with Crippen molar-refractivity contribution < 1.29 is 13.9 Å². The van der Waals surface area contributed by atoms with Crippen LogP contribution in [-0.4, -0.2) is 17.6 Å². The molecule has 0 aliphatic rings. The molecule has 0 fully saturated rings. The van der Waals surface area contributed by atoms with E-state index in [9.17, 15) is 9.18 Å². The molecule has 0 saturated carbocycles. The number of carbonyl (C=O) groups excluding carboxylic acids is 1. The van der Waals surface area contributed by atoms with E-state index in [1.807, 2.05) is 6.92 Å². The predicted molar refractivity (Wildman–Crippen MR) is 62.4 cm³/mol. The minimum absolute atomic E-state index is 0.141. The lowest BCUT2D eigenvalue weighted by Gasteiger charge is -2.06. The van der Waals surface area contributed by atoms with Gasteiger partial charge in [0.1, 0.15) is 17.0 Å². The Kier molecular flexibility index (Phi) is 3.04. The van der Waals surface area contributed by atoms with Crippen LogP contribution in [0.2, 0.25) is 0 Å². The number of benzene rings is 1. The molecule has 4 heteroatoms. The molecule has 0 saturated heterocycles. The molecular weight excluding hydrogens is 221 g/mol. The van der Waals surface area contributed by atoms with E-state index in [1.165, 1.54) is 6.07 Å². The third-order valence-corrected chi connectivity index (χ3v) is 2.48. The molecule has 3 nitrogen and oxygen atoms in total. The number of aromatic nitrogens is 1. The lowest BCUT2D eigenvalue weighted by molar-refractivity contribution is 0.0520. The van der Waals surface area contributed by atoms with Crippen molar-refractivity contribution in [2.75, 3.05) is 6.61 Å². The zero-order valence-electron chi connectivity index (χ0n) is 9.66. The molecule has 0 radical (unpaired) electrons. The Labute approximate surface area is 98.2 Å². The van der Waals surface area contributed by atoms with Crippen LogP contribution in [0, 0.1) is 12.7 Å². The molecule has 1 aromatic carbocycles. The van der Waals surface area contributed by atoms with Crippen molar-refractivity contribution in [1.82, 2.24) is 4.98 Å². The van der Waals surface area contributed by atoms with Crippen LogP contribution in [0.25, 0.3) is 10.9 Å². The van der Waals surface area contributed by atoms with E-state index >= 15 is 0 Å². The maximum absolute atomic E-state index is 13.6. The molecule has 0 aliphatic carbocycles. The van der Waals surface area contributed by atoms with Gasteiger partial charge in [0, 0.05) is 5.39 Å². The SMILES string of the molecule is CCOC(=O)c1cc(C)c2cccc(F)c2n1. The minimum Gasteiger partial charge on any atom is -0.461 e. The summed E-state index contributed by atoms with van der Waals surface area (Å²) in [5, 5.41) is 0.707. The predicted octanol–water partition coefficient (Wildman–Crippen LogP) is 2.86. The Bertz CT molecular complexity index is 581. The lowest BCUT2D eigenvalue weighted by atomic mass is 10.1. The number of fused-ring (bicyclic) bond motifs is 1. The number of carbonyl (C=O) groups is 1. The maximum atomic E-state index is 13.6. The van der Waals surface area contributed by atoms with E-state index in [1.54, 1.807) is 25.1 Å². The van der Waals surface area contributed by atoms with Crippen LogP contribution in [0.1, 0.15) is 23.0 Å². The van der Waals surface area contributed by atoms with Crippen molar-refractivity contribution in [2.24, 2.45) is 0 Å². The Hall–Kier alpha value is -1.97. The van der Waals surface area contributed by atoms with Crippen molar-refractivity contribution in [1.29, 1.82) is 0 Å². The number of pyridine rings is 1. The van der Waals surface area contributed by atoms with Gasteiger partial charge >= 0.3 is 5.97 Å². The first kappa shape index (κ1) is 11.5. The van der Waals surface area contributed by atoms with Crippen LogP contribution in [0.15, 0.2) is 24.3 Å². The average Bonchev–Trinajstić information content (AvgIpc) is 2.30. The van der Waals surface area contributed by atoms with Crippen LogP contribution in [0.4, 0.5) is 4.39 Å². The molecule has 2 rings (SSSR count). The minimum atomic E-state index is -0.527. The topological polar surface area (TPSA) is 39.2 Å². The Morgan fingerprint density at radius 3 is 2.94 bits per heavy atom. The van der Waals surface area contributed by atoms with Crippen molar-refractivity contribution in [3.8, 4) is 0 Å². The molecule has 2 aromatic rings. The molecule has 88 valence electrons. The second-order valence-corrected chi connectivity index (χ2v) is 3.68. The highest BCUT2D eigenvalue weighted by Gasteiger charge is 2.12. The molecule has 0 aliphatic heterocycles. The number of ether oxygens (including phenoxy) is 1. The molecule has 1 heterocycles. The first-order valence-corrected chi connectivity index (χ1v) is 5.36. The Morgan fingerprint density at radius 2 is 2.24 bits per heavy atom. The zero-order valence-corrected chi connectivity index (χ0v) is 9.66. The quantitative estimate of drug-likeness (QED) is 0.749. The molecule has 17 heavy (non-hydrogen) atoms. The summed E-state index contributed by atoms with van der Waals surface area (Å²) < 4.78 is 18.4. The monoisotopic (exact) mass is 233 g/mol. The number of nitrogens with zero attached hydrogens (tertiary/aromatic N) is 1. The third kappa shape index (κ3) is 2.11. The number of rotatable bonds is 2. The highest BCUT2D eigenvalue weighted by atomic mass is 19.1. The molecule has 0 bridgehead atoms. The number of aryl methyl sites for hydroxylation is 1. The largest absolute Gasteiger partial charge is 0.461 e. The summed E-state index contributed by atoms with van der Waals surface area (Å²) in [7, 11) is 0. The molecule has 0 spiro atoms. The van der Waals surface area contributed by atoms with Crippen LogP contribution < -0.4 is 0 Å². The first-order chi connectivity index (χ1) is 8.13. The summed E-state index contributed by atoms with van der Waals surface area (Å²) in [6, 6.07) is 6.33. The number of para-hydroxylation sites is 1. The van der Waals surface area contributed by atoms with Gasteiger partial charge in [-0.25, -0.2) is 14.2 Å². The zero-order chi connectivity index (χ0) is 12.4. The van der Waals surface area contributed by atoms with Gasteiger partial charge in [-0.3, -0.25) is 0 Å². The summed E-state index contributed by atoms with van der Waals surface area (Å²) >= 11 is 0. The summed E-state index contributed by atoms with van der Waals surface area (Å²) in [5.41, 5.74) is 1.15. The van der Waals surface area contributed by atoms with Crippen LogP contribution in [0.5, 0.6) is 0 Å². The van der Waals surface area contributed by atoms with Gasteiger partial charge in [-0.1, -0.05) is 12.1 Å². The maximum Gasteiger partial charge on any atom is 0.356 e. The van der Waals surface area contributed by atoms with Crippen molar-refractivity contribution in [3.63, 3.8) is 0 Å².